The highest BCUT2D eigenvalue weighted by Crippen LogP contribution is 2.94. The van der Waals surface area contributed by atoms with Crippen molar-refractivity contribution in [3.63, 3.8) is 0 Å². The first-order valence-electron chi connectivity index (χ1n) is 23.9. The Kier molecular flexibility index (Phi) is 7.04. The predicted octanol–water partition coefficient (Wildman–Crippen LogP) is 16.5. The predicted molar refractivity (Wildman–Crippen MR) is 259 cm³/mol. The molecule has 0 radical (unpaired) electrons. The van der Waals surface area contributed by atoms with Crippen LogP contribution in [0.5, 0.6) is 0 Å². The quantitative estimate of drug-likeness (QED) is 0.166. The smallest absolute Gasteiger partial charge is 0.137 e. The molecule has 0 saturated heterocycles. The van der Waals surface area contributed by atoms with Crippen LogP contribution in [0.4, 0.5) is 17.1 Å². The number of rotatable bonds is 6. The van der Waals surface area contributed by atoms with Gasteiger partial charge in [0, 0.05) is 39.2 Å². The molecule has 15 rings (SSSR count). The molecule has 4 atom stereocenters. The van der Waals surface area contributed by atoms with E-state index in [1.54, 1.807) is 11.1 Å². The molecule has 63 heavy (non-hydrogen) atoms. The maximum atomic E-state index is 6.56. The van der Waals surface area contributed by atoms with E-state index in [9.17, 15) is 0 Å². The summed E-state index contributed by atoms with van der Waals surface area (Å²) in [5.41, 5.74) is 19.0. The van der Waals surface area contributed by atoms with Gasteiger partial charge in [-0.1, -0.05) is 141 Å². The molecule has 5 fully saturated rings. The van der Waals surface area contributed by atoms with Crippen molar-refractivity contribution in [3.05, 3.63) is 187 Å². The van der Waals surface area contributed by atoms with Crippen molar-refractivity contribution in [1.29, 1.82) is 0 Å². The summed E-state index contributed by atoms with van der Waals surface area (Å²) >= 11 is 0. The van der Waals surface area contributed by atoms with E-state index in [0.29, 0.717) is 11.3 Å². The van der Waals surface area contributed by atoms with E-state index in [0.717, 1.165) is 62.7 Å². The van der Waals surface area contributed by atoms with E-state index in [1.165, 1.54) is 101 Å². The van der Waals surface area contributed by atoms with Crippen molar-refractivity contribution < 1.29 is 4.42 Å². The third-order valence-corrected chi connectivity index (χ3v) is 18.0. The molecule has 1 aromatic heterocycles. The lowest BCUT2D eigenvalue weighted by molar-refractivity contribution is -0.412. The minimum Gasteiger partial charge on any atom is -0.456 e. The average Bonchev–Trinajstić information content (AvgIpc) is 3.84. The van der Waals surface area contributed by atoms with E-state index in [-0.39, 0.29) is 5.41 Å². The standard InChI is InChI=1S/C61H49NO/c1-2-12-38(13-3-1)45-19-10-14-39-15-11-20-51(59(39)45)48-17-5-8-22-54(48)62(44-29-31-50-49-18-6-9-23-55(49)63-56(50)36-44)43-27-24-37(25-28-43)40-26-30-47-46-16-4-7-21-52(46)61(53(47)32-40)57-34-41-33-42-35-58(61)60(41,42)57/h4-11,14-32,36,38,41-42,57-58H,1-3,12-13,33-35H2. The second-order valence-electron chi connectivity index (χ2n) is 20.1. The van der Waals surface area contributed by atoms with Crippen LogP contribution in [0, 0.1) is 29.1 Å². The highest BCUT2D eigenvalue weighted by Gasteiger charge is 2.90. The summed E-state index contributed by atoms with van der Waals surface area (Å²) in [6.07, 6.45) is 10.9. The molecule has 2 heteroatoms. The summed E-state index contributed by atoms with van der Waals surface area (Å²) in [5.74, 6) is 4.25. The zero-order valence-corrected chi connectivity index (χ0v) is 35.6. The van der Waals surface area contributed by atoms with E-state index in [4.69, 9.17) is 4.42 Å². The van der Waals surface area contributed by atoms with Crippen molar-refractivity contribution in [3.8, 4) is 33.4 Å². The Balaban J connectivity index is 0.876. The number of nitrogens with zero attached hydrogens (tertiary/aromatic N) is 1. The van der Waals surface area contributed by atoms with Crippen LogP contribution in [0.15, 0.2) is 174 Å². The lowest BCUT2D eigenvalue weighted by atomic mass is 9.11. The summed E-state index contributed by atoms with van der Waals surface area (Å²) in [6, 6.07) is 64.5. The molecular formula is C61H49NO. The van der Waals surface area contributed by atoms with E-state index in [2.05, 4.69) is 175 Å². The van der Waals surface area contributed by atoms with Crippen molar-refractivity contribution >= 4 is 49.8 Å². The van der Waals surface area contributed by atoms with Gasteiger partial charge in [0.1, 0.15) is 11.2 Å². The van der Waals surface area contributed by atoms with Crippen molar-refractivity contribution in [2.24, 2.45) is 29.1 Å². The molecule has 2 nitrogen and oxygen atoms in total. The van der Waals surface area contributed by atoms with Crippen LogP contribution in [0.25, 0.3) is 66.1 Å². The summed E-state index contributed by atoms with van der Waals surface area (Å²) in [7, 11) is 0. The molecule has 0 bridgehead atoms. The van der Waals surface area contributed by atoms with Crippen LogP contribution in [0.1, 0.15) is 74.0 Å². The number of hydrogen-bond donors (Lipinski definition) is 0. The molecule has 8 aromatic carbocycles. The van der Waals surface area contributed by atoms with Gasteiger partial charge in [-0.15, -0.1) is 0 Å². The Bertz CT molecular complexity index is 3340. The Labute approximate surface area is 369 Å². The maximum Gasteiger partial charge on any atom is 0.137 e. The number of anilines is 3. The zero-order valence-electron chi connectivity index (χ0n) is 35.6. The van der Waals surface area contributed by atoms with Crippen LogP contribution in [-0.2, 0) is 5.41 Å². The fraction of sp³-hybridized carbons (Fsp3) is 0.246. The topological polar surface area (TPSA) is 16.4 Å². The van der Waals surface area contributed by atoms with Gasteiger partial charge in [-0.05, 0) is 165 Å². The molecule has 0 amide bonds. The number of fused-ring (bicyclic) bond motifs is 11. The van der Waals surface area contributed by atoms with Gasteiger partial charge in [-0.3, -0.25) is 0 Å². The molecule has 4 unspecified atom stereocenters. The molecule has 0 N–H and O–H groups in total. The van der Waals surface area contributed by atoms with Gasteiger partial charge in [0.15, 0.2) is 0 Å². The van der Waals surface area contributed by atoms with Gasteiger partial charge >= 0.3 is 0 Å². The highest BCUT2D eigenvalue weighted by molar-refractivity contribution is 6.07. The molecule has 2 spiro atoms. The van der Waals surface area contributed by atoms with Gasteiger partial charge in [0.25, 0.3) is 0 Å². The van der Waals surface area contributed by atoms with Crippen LogP contribution >= 0.6 is 0 Å². The molecule has 6 aliphatic carbocycles. The minimum atomic E-state index is 0.212. The lowest BCUT2D eigenvalue weighted by Gasteiger charge is -2.92. The number of para-hydroxylation sites is 2. The number of benzene rings is 8. The van der Waals surface area contributed by atoms with Crippen molar-refractivity contribution in [1.82, 2.24) is 0 Å². The second-order valence-corrected chi connectivity index (χ2v) is 20.1. The Morgan fingerprint density at radius 1 is 0.476 bits per heavy atom. The zero-order chi connectivity index (χ0) is 41.0. The van der Waals surface area contributed by atoms with Gasteiger partial charge in [0.05, 0.1) is 5.69 Å². The summed E-state index contributed by atoms with van der Waals surface area (Å²) < 4.78 is 6.56. The SMILES string of the molecule is c1ccc(N(c2ccc(-c3ccc4c(c3)C3(c5ccccc5-4)C4CC5CC6CC3C564)cc2)c2ccc3c(c2)oc2ccccc23)c(-c2cccc3cccc(C4CCCCC4)c23)c1. The molecular weight excluding hydrogens is 763 g/mol. The van der Waals surface area contributed by atoms with E-state index >= 15 is 0 Å². The average molecular weight is 812 g/mol. The largest absolute Gasteiger partial charge is 0.456 e. The van der Waals surface area contributed by atoms with Crippen LogP contribution in [0.2, 0.25) is 0 Å². The summed E-state index contributed by atoms with van der Waals surface area (Å²) in [4.78, 5) is 2.47. The Hall–Kier alpha value is -6.38. The van der Waals surface area contributed by atoms with E-state index in [1.807, 2.05) is 0 Å². The lowest BCUT2D eigenvalue weighted by Crippen LogP contribution is -2.88. The number of furan rings is 1. The van der Waals surface area contributed by atoms with Crippen molar-refractivity contribution in [2.75, 3.05) is 4.90 Å². The third-order valence-electron chi connectivity index (χ3n) is 18.0. The number of hydrogen-bond acceptors (Lipinski definition) is 2. The van der Waals surface area contributed by atoms with E-state index < -0.39 is 0 Å². The van der Waals surface area contributed by atoms with Gasteiger partial charge in [-0.25, -0.2) is 0 Å². The molecule has 6 aliphatic rings. The molecule has 1 heterocycles. The first-order valence-corrected chi connectivity index (χ1v) is 23.9. The van der Waals surface area contributed by atoms with Gasteiger partial charge in [0.2, 0.25) is 0 Å². The molecule has 9 aromatic rings. The fourth-order valence-electron chi connectivity index (χ4n) is 15.5. The Morgan fingerprint density at radius 3 is 2.00 bits per heavy atom. The van der Waals surface area contributed by atoms with Gasteiger partial charge in [-0.2, -0.15) is 0 Å². The molecule has 304 valence electrons. The highest BCUT2D eigenvalue weighted by atomic mass is 16.3. The molecule has 0 aliphatic heterocycles. The Morgan fingerprint density at radius 2 is 1.16 bits per heavy atom. The summed E-state index contributed by atoms with van der Waals surface area (Å²) in [5, 5.41) is 5.02. The van der Waals surface area contributed by atoms with Crippen LogP contribution in [0.3, 0.4) is 0 Å². The monoisotopic (exact) mass is 811 g/mol. The maximum absolute atomic E-state index is 6.56. The normalized spacial score (nSPS) is 26.0. The summed E-state index contributed by atoms with van der Waals surface area (Å²) in [6.45, 7) is 0. The van der Waals surface area contributed by atoms with Crippen LogP contribution in [-0.4, -0.2) is 0 Å². The first kappa shape index (κ1) is 35.1. The third kappa shape index (κ3) is 4.40. The minimum absolute atomic E-state index is 0.212. The fourth-order valence-corrected chi connectivity index (χ4v) is 15.5. The van der Waals surface area contributed by atoms with Crippen LogP contribution < -0.4 is 4.90 Å². The second kappa shape index (κ2) is 12.6. The van der Waals surface area contributed by atoms with Gasteiger partial charge < -0.3 is 9.32 Å². The first-order chi connectivity index (χ1) is 31.2. The van der Waals surface area contributed by atoms with Crippen molar-refractivity contribution in [2.45, 2.75) is 62.7 Å². The molecule has 5 saturated carbocycles.